The highest BCUT2D eigenvalue weighted by Crippen LogP contribution is 2.36. The number of rotatable bonds is 5. The summed E-state index contributed by atoms with van der Waals surface area (Å²) in [4.78, 5) is 10.7. The largest absolute Gasteiger partial charge is 0.493 e. The van der Waals surface area contributed by atoms with E-state index < -0.39 is 0 Å². The van der Waals surface area contributed by atoms with Gasteiger partial charge in [-0.25, -0.2) is 0 Å². The van der Waals surface area contributed by atoms with E-state index in [1.165, 1.54) is 13.2 Å². The zero-order valence-corrected chi connectivity index (χ0v) is 10.5. The van der Waals surface area contributed by atoms with Crippen LogP contribution in [0.15, 0.2) is 12.1 Å². The van der Waals surface area contributed by atoms with Crippen LogP contribution in [-0.2, 0) is 0 Å². The van der Waals surface area contributed by atoms with Crippen molar-refractivity contribution < 1.29 is 14.3 Å². The van der Waals surface area contributed by atoms with Crippen LogP contribution >= 0.6 is 11.6 Å². The van der Waals surface area contributed by atoms with E-state index in [9.17, 15) is 4.79 Å². The van der Waals surface area contributed by atoms with Gasteiger partial charge in [-0.15, -0.1) is 11.8 Å². The van der Waals surface area contributed by atoms with Gasteiger partial charge in [0.1, 0.15) is 6.29 Å². The van der Waals surface area contributed by atoms with Crippen molar-refractivity contribution >= 4 is 17.9 Å². The molecule has 0 atom stereocenters. The lowest BCUT2D eigenvalue weighted by Crippen LogP contribution is -2.00. The van der Waals surface area contributed by atoms with Gasteiger partial charge in [0, 0.05) is 12.0 Å². The molecule has 1 aromatic rings. The van der Waals surface area contributed by atoms with Crippen LogP contribution in [0.3, 0.4) is 0 Å². The zero-order chi connectivity index (χ0) is 12.7. The minimum absolute atomic E-state index is 0.357. The topological polar surface area (TPSA) is 35.5 Å². The summed E-state index contributed by atoms with van der Waals surface area (Å²) >= 11 is 6.00. The molecule has 1 rings (SSSR count). The van der Waals surface area contributed by atoms with Gasteiger partial charge in [-0.3, -0.25) is 4.79 Å². The summed E-state index contributed by atoms with van der Waals surface area (Å²) in [7, 11) is 1.50. The molecule has 0 fully saturated rings. The number of carbonyl (C=O) groups excluding carboxylic acids is 1. The van der Waals surface area contributed by atoms with Crippen molar-refractivity contribution in [1.82, 2.24) is 0 Å². The summed E-state index contributed by atoms with van der Waals surface area (Å²) in [6.45, 7) is 2.20. The van der Waals surface area contributed by atoms with E-state index in [-0.39, 0.29) is 0 Å². The molecule has 0 spiro atoms. The second kappa shape index (κ2) is 6.82. The average Bonchev–Trinajstić information content (AvgIpc) is 2.35. The monoisotopic (exact) mass is 252 g/mol. The van der Waals surface area contributed by atoms with Crippen molar-refractivity contribution in [2.75, 3.05) is 13.7 Å². The van der Waals surface area contributed by atoms with Crippen LogP contribution < -0.4 is 9.47 Å². The fourth-order valence-electron chi connectivity index (χ4n) is 1.28. The molecule has 1 aromatic carbocycles. The third-order valence-electron chi connectivity index (χ3n) is 2.04. The molecule has 17 heavy (non-hydrogen) atoms. The van der Waals surface area contributed by atoms with Gasteiger partial charge in [0.25, 0.3) is 0 Å². The Morgan fingerprint density at radius 3 is 2.82 bits per heavy atom. The molecule has 0 unspecified atom stereocenters. The van der Waals surface area contributed by atoms with Gasteiger partial charge in [0.15, 0.2) is 11.5 Å². The lowest BCUT2D eigenvalue weighted by atomic mass is 10.2. The van der Waals surface area contributed by atoms with Crippen LogP contribution in [-0.4, -0.2) is 20.0 Å². The Bertz CT molecular complexity index is 458. The van der Waals surface area contributed by atoms with E-state index in [1.54, 1.807) is 13.0 Å². The molecule has 0 saturated heterocycles. The van der Waals surface area contributed by atoms with Crippen LogP contribution in [0.2, 0.25) is 5.02 Å². The SMILES string of the molecule is CC#CCCOc1c(Cl)cc(C=O)cc1OC. The predicted molar refractivity (Wildman–Crippen MR) is 67.0 cm³/mol. The first-order valence-corrected chi connectivity index (χ1v) is 5.45. The first-order valence-electron chi connectivity index (χ1n) is 5.08. The molecule has 90 valence electrons. The Morgan fingerprint density at radius 1 is 1.47 bits per heavy atom. The molecule has 3 nitrogen and oxygen atoms in total. The molecular formula is C13H13ClO3. The highest BCUT2D eigenvalue weighted by atomic mass is 35.5. The molecule has 0 radical (unpaired) electrons. The van der Waals surface area contributed by atoms with E-state index in [4.69, 9.17) is 21.1 Å². The fourth-order valence-corrected chi connectivity index (χ4v) is 1.55. The van der Waals surface area contributed by atoms with Crippen LogP contribution in [0.5, 0.6) is 11.5 Å². The van der Waals surface area contributed by atoms with Crippen LogP contribution in [0, 0.1) is 11.8 Å². The Morgan fingerprint density at radius 2 is 2.24 bits per heavy atom. The summed E-state index contributed by atoms with van der Waals surface area (Å²) in [6, 6.07) is 3.12. The van der Waals surface area contributed by atoms with Gasteiger partial charge in [0.2, 0.25) is 0 Å². The standard InChI is InChI=1S/C13H13ClO3/c1-3-4-5-6-17-13-11(14)7-10(9-15)8-12(13)16-2/h7-9H,5-6H2,1-2H3. The minimum Gasteiger partial charge on any atom is -0.493 e. The third-order valence-corrected chi connectivity index (χ3v) is 2.32. The smallest absolute Gasteiger partial charge is 0.179 e. The maximum atomic E-state index is 10.7. The summed E-state index contributed by atoms with van der Waals surface area (Å²) in [6.07, 6.45) is 1.33. The maximum absolute atomic E-state index is 10.7. The second-order valence-corrected chi connectivity index (χ2v) is 3.58. The highest BCUT2D eigenvalue weighted by molar-refractivity contribution is 6.32. The molecule has 0 aromatic heterocycles. The van der Waals surface area contributed by atoms with E-state index >= 15 is 0 Å². The molecule has 4 heteroatoms. The number of aldehydes is 1. The number of carbonyl (C=O) groups is 1. The molecule has 0 aliphatic rings. The molecule has 0 amide bonds. The van der Waals surface area contributed by atoms with Crippen LogP contribution in [0.25, 0.3) is 0 Å². The molecule has 0 aliphatic carbocycles. The van der Waals surface area contributed by atoms with Crippen molar-refractivity contribution in [3.05, 3.63) is 22.7 Å². The van der Waals surface area contributed by atoms with Gasteiger partial charge in [0.05, 0.1) is 18.7 Å². The number of ether oxygens (including phenoxy) is 2. The van der Waals surface area contributed by atoms with E-state index in [0.717, 1.165) is 0 Å². The van der Waals surface area contributed by atoms with Gasteiger partial charge >= 0.3 is 0 Å². The molecule has 0 heterocycles. The molecule has 0 bridgehead atoms. The number of halogens is 1. The predicted octanol–water partition coefficient (Wildman–Crippen LogP) is 2.95. The van der Waals surface area contributed by atoms with Crippen LogP contribution in [0.4, 0.5) is 0 Å². The molecule has 0 N–H and O–H groups in total. The lowest BCUT2D eigenvalue weighted by Gasteiger charge is -2.11. The summed E-state index contributed by atoms with van der Waals surface area (Å²) in [5, 5.41) is 0.357. The second-order valence-electron chi connectivity index (χ2n) is 3.18. The maximum Gasteiger partial charge on any atom is 0.179 e. The third kappa shape index (κ3) is 3.69. The van der Waals surface area contributed by atoms with E-state index in [0.29, 0.717) is 41.4 Å². The van der Waals surface area contributed by atoms with Crippen molar-refractivity contribution in [1.29, 1.82) is 0 Å². The molecular weight excluding hydrogens is 240 g/mol. The van der Waals surface area contributed by atoms with Crippen molar-refractivity contribution in [2.45, 2.75) is 13.3 Å². The molecule has 0 aliphatic heterocycles. The first kappa shape index (κ1) is 13.4. The van der Waals surface area contributed by atoms with E-state index in [1.807, 2.05) is 0 Å². The summed E-state index contributed by atoms with van der Waals surface area (Å²) in [5.41, 5.74) is 0.451. The fraction of sp³-hybridized carbons (Fsp3) is 0.308. The van der Waals surface area contributed by atoms with Crippen molar-refractivity contribution in [3.63, 3.8) is 0 Å². The lowest BCUT2D eigenvalue weighted by molar-refractivity contribution is 0.112. The highest BCUT2D eigenvalue weighted by Gasteiger charge is 2.11. The first-order chi connectivity index (χ1) is 8.22. The minimum atomic E-state index is 0.357. The number of hydrogen-bond donors (Lipinski definition) is 0. The number of methoxy groups -OCH3 is 1. The van der Waals surface area contributed by atoms with E-state index in [2.05, 4.69) is 11.8 Å². The molecule has 0 saturated carbocycles. The normalized spacial score (nSPS) is 9.12. The van der Waals surface area contributed by atoms with Crippen molar-refractivity contribution in [2.24, 2.45) is 0 Å². The number of benzene rings is 1. The van der Waals surface area contributed by atoms with Crippen LogP contribution in [0.1, 0.15) is 23.7 Å². The summed E-state index contributed by atoms with van der Waals surface area (Å²) < 4.78 is 10.6. The van der Waals surface area contributed by atoms with Gasteiger partial charge in [-0.05, 0) is 19.1 Å². The zero-order valence-electron chi connectivity index (χ0n) is 9.75. The average molecular weight is 253 g/mol. The Labute approximate surface area is 106 Å². The number of hydrogen-bond acceptors (Lipinski definition) is 3. The Balaban J connectivity index is 2.88. The van der Waals surface area contributed by atoms with Crippen molar-refractivity contribution in [3.8, 4) is 23.3 Å². The van der Waals surface area contributed by atoms with Gasteiger partial charge in [-0.1, -0.05) is 11.6 Å². The Kier molecular flexibility index (Phi) is 5.38. The Hall–Kier alpha value is -1.66. The van der Waals surface area contributed by atoms with Gasteiger partial charge in [-0.2, -0.15) is 0 Å². The quantitative estimate of drug-likeness (QED) is 0.459. The van der Waals surface area contributed by atoms with Gasteiger partial charge < -0.3 is 9.47 Å². The summed E-state index contributed by atoms with van der Waals surface area (Å²) in [5.74, 6) is 6.55.